The summed E-state index contributed by atoms with van der Waals surface area (Å²) in [5.74, 6) is 1.29. The first-order chi connectivity index (χ1) is 11.1. The van der Waals surface area contributed by atoms with Gasteiger partial charge in [-0.05, 0) is 60.6 Å². The Morgan fingerprint density at radius 1 is 0.783 bits per heavy atom. The molecule has 1 atom stereocenters. The molecule has 0 aliphatic rings. The van der Waals surface area contributed by atoms with Gasteiger partial charge in [-0.3, -0.25) is 0 Å². The number of unbranched alkanes of at least 4 members (excludes halogenated alkanes) is 2. The Kier molecular flexibility index (Phi) is 8.89. The van der Waals surface area contributed by atoms with Gasteiger partial charge in [0.1, 0.15) is 11.5 Å². The van der Waals surface area contributed by atoms with Crippen LogP contribution in [-0.4, -0.2) is 10.2 Å². The highest BCUT2D eigenvalue weighted by atomic mass is 16.3. The number of hydrogen-bond donors (Lipinski definition) is 2. The first-order valence-electron chi connectivity index (χ1n) is 8.63. The third-order valence-electron chi connectivity index (χ3n) is 4.08. The average Bonchev–Trinajstić information content (AvgIpc) is 2.57. The predicted molar refractivity (Wildman–Crippen MR) is 98.1 cm³/mol. The molecule has 0 saturated carbocycles. The van der Waals surface area contributed by atoms with Crippen LogP contribution < -0.4 is 0 Å². The number of benzene rings is 2. The molecule has 0 heterocycles. The summed E-state index contributed by atoms with van der Waals surface area (Å²) in [6.45, 7) is 6.56. The van der Waals surface area contributed by atoms with Gasteiger partial charge in [-0.15, -0.1) is 0 Å². The van der Waals surface area contributed by atoms with Gasteiger partial charge in [0, 0.05) is 0 Å². The molecule has 2 N–H and O–H groups in total. The Morgan fingerprint density at radius 2 is 1.30 bits per heavy atom. The van der Waals surface area contributed by atoms with Gasteiger partial charge in [0.05, 0.1) is 0 Å². The van der Waals surface area contributed by atoms with Crippen LogP contribution in [0.3, 0.4) is 0 Å². The molecule has 23 heavy (non-hydrogen) atoms. The van der Waals surface area contributed by atoms with Crippen LogP contribution in [0.25, 0.3) is 0 Å². The van der Waals surface area contributed by atoms with Gasteiger partial charge < -0.3 is 10.2 Å². The van der Waals surface area contributed by atoms with Crippen molar-refractivity contribution in [1.29, 1.82) is 0 Å². The molecule has 0 bridgehead atoms. The van der Waals surface area contributed by atoms with E-state index in [4.69, 9.17) is 10.2 Å². The van der Waals surface area contributed by atoms with Crippen LogP contribution in [0.2, 0.25) is 0 Å². The fourth-order valence-corrected chi connectivity index (χ4v) is 2.28. The Hall–Kier alpha value is -1.96. The quantitative estimate of drug-likeness (QED) is 0.639. The topological polar surface area (TPSA) is 40.5 Å². The molecule has 2 rings (SSSR count). The van der Waals surface area contributed by atoms with Crippen LogP contribution in [-0.2, 0) is 6.42 Å². The molecule has 2 aromatic rings. The normalized spacial score (nSPS) is 11.4. The first kappa shape index (κ1) is 19.1. The maximum absolute atomic E-state index is 9.03. The summed E-state index contributed by atoms with van der Waals surface area (Å²) in [6, 6.07) is 14.9. The molecular weight excluding hydrogens is 284 g/mol. The molecule has 0 amide bonds. The van der Waals surface area contributed by atoms with Crippen molar-refractivity contribution in [2.75, 3.05) is 0 Å². The van der Waals surface area contributed by atoms with Gasteiger partial charge in [0.2, 0.25) is 0 Å². The molecule has 0 fully saturated rings. The van der Waals surface area contributed by atoms with Crippen molar-refractivity contribution in [3.8, 4) is 11.5 Å². The summed E-state index contributed by atoms with van der Waals surface area (Å²) in [6.07, 6.45) is 6.08. The summed E-state index contributed by atoms with van der Waals surface area (Å²) in [7, 11) is 0. The maximum Gasteiger partial charge on any atom is 0.115 e. The summed E-state index contributed by atoms with van der Waals surface area (Å²) < 4.78 is 0. The molecule has 2 nitrogen and oxygen atoms in total. The molecule has 0 radical (unpaired) electrons. The molecule has 126 valence electrons. The minimum absolute atomic E-state index is 0.344. The minimum Gasteiger partial charge on any atom is -0.508 e. The van der Waals surface area contributed by atoms with Crippen LogP contribution in [0.5, 0.6) is 11.5 Å². The van der Waals surface area contributed by atoms with E-state index in [0.29, 0.717) is 17.4 Å². The van der Waals surface area contributed by atoms with E-state index in [1.807, 2.05) is 24.3 Å². The molecule has 2 aromatic carbocycles. The zero-order valence-corrected chi connectivity index (χ0v) is 14.6. The lowest BCUT2D eigenvalue weighted by molar-refractivity contribution is 0.474. The van der Waals surface area contributed by atoms with Crippen LogP contribution in [0.4, 0.5) is 0 Å². The van der Waals surface area contributed by atoms with Crippen LogP contribution in [0.1, 0.15) is 63.5 Å². The highest BCUT2D eigenvalue weighted by molar-refractivity contribution is 5.28. The molecule has 0 aromatic heterocycles. The fourth-order valence-electron chi connectivity index (χ4n) is 2.28. The van der Waals surface area contributed by atoms with Gasteiger partial charge in [0.25, 0.3) is 0 Å². The number of phenolic OH excluding ortho intramolecular Hbond substituents is 2. The monoisotopic (exact) mass is 314 g/mol. The largest absolute Gasteiger partial charge is 0.508 e. The van der Waals surface area contributed by atoms with Gasteiger partial charge in [-0.25, -0.2) is 0 Å². The Morgan fingerprint density at radius 3 is 1.78 bits per heavy atom. The van der Waals surface area contributed by atoms with Crippen LogP contribution in [0.15, 0.2) is 48.5 Å². The standard InChI is InChI=1S/C11H16O.C10H14O/c1-2-3-4-5-10-6-8-11(12)9-7-10;1-3-8(2)9-4-6-10(11)7-5-9/h6-9,12H,2-5H2,1H3;4-8,11H,3H2,1-2H3. The van der Waals surface area contributed by atoms with E-state index in [2.05, 4.69) is 20.8 Å². The Labute approximate surface area is 140 Å². The van der Waals surface area contributed by atoms with Gasteiger partial charge in [-0.1, -0.05) is 57.9 Å². The summed E-state index contributed by atoms with van der Waals surface area (Å²) in [4.78, 5) is 0. The second-order valence-corrected chi connectivity index (χ2v) is 6.02. The molecule has 0 aliphatic heterocycles. The molecular formula is C21H30O2. The van der Waals surface area contributed by atoms with E-state index in [-0.39, 0.29) is 0 Å². The van der Waals surface area contributed by atoms with E-state index in [9.17, 15) is 0 Å². The van der Waals surface area contributed by atoms with Gasteiger partial charge in [-0.2, -0.15) is 0 Å². The average molecular weight is 314 g/mol. The first-order valence-corrected chi connectivity index (χ1v) is 8.63. The van der Waals surface area contributed by atoms with Crippen molar-refractivity contribution in [1.82, 2.24) is 0 Å². The Bertz CT molecular complexity index is 529. The second kappa shape index (κ2) is 10.7. The SMILES string of the molecule is CCC(C)c1ccc(O)cc1.CCCCCc1ccc(O)cc1. The van der Waals surface area contributed by atoms with Crippen molar-refractivity contribution in [2.24, 2.45) is 0 Å². The Balaban J connectivity index is 0.000000231. The number of aryl methyl sites for hydroxylation is 1. The van der Waals surface area contributed by atoms with E-state index < -0.39 is 0 Å². The second-order valence-electron chi connectivity index (χ2n) is 6.02. The molecule has 1 unspecified atom stereocenters. The van der Waals surface area contributed by atoms with Crippen LogP contribution >= 0.6 is 0 Å². The lowest BCUT2D eigenvalue weighted by Crippen LogP contribution is -1.89. The van der Waals surface area contributed by atoms with Crippen molar-refractivity contribution in [2.45, 2.75) is 58.8 Å². The molecule has 0 aliphatic carbocycles. The van der Waals surface area contributed by atoms with E-state index >= 15 is 0 Å². The highest BCUT2D eigenvalue weighted by Crippen LogP contribution is 2.20. The van der Waals surface area contributed by atoms with E-state index in [1.54, 1.807) is 24.3 Å². The molecule has 2 heteroatoms. The van der Waals surface area contributed by atoms with E-state index in [0.717, 1.165) is 12.8 Å². The number of rotatable bonds is 6. The van der Waals surface area contributed by atoms with Crippen molar-refractivity contribution in [3.05, 3.63) is 59.7 Å². The molecule has 0 saturated heterocycles. The highest BCUT2D eigenvalue weighted by Gasteiger charge is 2.00. The zero-order valence-electron chi connectivity index (χ0n) is 14.6. The van der Waals surface area contributed by atoms with E-state index in [1.165, 1.54) is 30.4 Å². The minimum atomic E-state index is 0.344. The van der Waals surface area contributed by atoms with Gasteiger partial charge in [0.15, 0.2) is 0 Å². The summed E-state index contributed by atoms with van der Waals surface area (Å²) in [5, 5.41) is 18.0. The fraction of sp³-hybridized carbons (Fsp3) is 0.429. The van der Waals surface area contributed by atoms with Crippen molar-refractivity contribution in [3.63, 3.8) is 0 Å². The summed E-state index contributed by atoms with van der Waals surface area (Å²) >= 11 is 0. The number of phenols is 2. The van der Waals surface area contributed by atoms with Crippen molar-refractivity contribution < 1.29 is 10.2 Å². The number of aromatic hydroxyl groups is 2. The zero-order chi connectivity index (χ0) is 17.1. The number of hydrogen-bond acceptors (Lipinski definition) is 2. The van der Waals surface area contributed by atoms with Crippen LogP contribution in [0, 0.1) is 0 Å². The third-order valence-corrected chi connectivity index (χ3v) is 4.08. The third kappa shape index (κ3) is 7.73. The lowest BCUT2D eigenvalue weighted by atomic mass is 9.99. The molecule has 0 spiro atoms. The smallest absolute Gasteiger partial charge is 0.115 e. The van der Waals surface area contributed by atoms with Gasteiger partial charge >= 0.3 is 0 Å². The van der Waals surface area contributed by atoms with Crippen molar-refractivity contribution >= 4 is 0 Å². The maximum atomic E-state index is 9.03. The summed E-state index contributed by atoms with van der Waals surface area (Å²) in [5.41, 5.74) is 2.62. The predicted octanol–water partition coefficient (Wildman–Crippen LogP) is 6.03. The lowest BCUT2D eigenvalue weighted by Gasteiger charge is -2.07.